The van der Waals surface area contributed by atoms with Gasteiger partial charge in [0.2, 0.25) is 0 Å². The number of rotatable bonds is 7. The number of amides is 1. The highest BCUT2D eigenvalue weighted by atomic mass is 16.5. The summed E-state index contributed by atoms with van der Waals surface area (Å²) in [7, 11) is 0. The smallest absolute Gasteiger partial charge is 0.253 e. The van der Waals surface area contributed by atoms with Crippen molar-refractivity contribution in [2.24, 2.45) is 0 Å². The molecular weight excluding hydrogens is 376 g/mol. The number of ether oxygens (including phenoxy) is 1. The lowest BCUT2D eigenvalue weighted by atomic mass is 10.1. The van der Waals surface area contributed by atoms with Gasteiger partial charge in [-0.15, -0.1) is 0 Å². The number of carbonyl (C=O) groups is 1. The minimum atomic E-state index is 0.112. The van der Waals surface area contributed by atoms with Crippen molar-refractivity contribution in [1.82, 2.24) is 19.6 Å². The predicted octanol–water partition coefficient (Wildman–Crippen LogP) is 3.29. The van der Waals surface area contributed by atoms with E-state index in [2.05, 4.69) is 22.1 Å². The lowest BCUT2D eigenvalue weighted by Gasteiger charge is -2.34. The van der Waals surface area contributed by atoms with E-state index in [9.17, 15) is 4.79 Å². The van der Waals surface area contributed by atoms with Gasteiger partial charge in [0.1, 0.15) is 5.75 Å². The SMILES string of the molecule is CCOc1ccc(CN2CCN(C(=O)c3ccc(Cn4cccn4)cc3)CC2)cc1. The number of hydrogen-bond acceptors (Lipinski definition) is 4. The molecule has 4 rings (SSSR count). The van der Waals surface area contributed by atoms with Crippen molar-refractivity contribution in [2.75, 3.05) is 32.8 Å². The number of aromatic nitrogens is 2. The Kier molecular flexibility index (Phi) is 6.44. The highest BCUT2D eigenvalue weighted by Gasteiger charge is 2.22. The number of carbonyl (C=O) groups excluding carboxylic acids is 1. The quantitative estimate of drug-likeness (QED) is 0.606. The largest absolute Gasteiger partial charge is 0.494 e. The van der Waals surface area contributed by atoms with Crippen molar-refractivity contribution in [3.8, 4) is 5.75 Å². The number of benzene rings is 2. The summed E-state index contributed by atoms with van der Waals surface area (Å²) in [6.07, 6.45) is 3.71. The van der Waals surface area contributed by atoms with Crippen molar-refractivity contribution < 1.29 is 9.53 Å². The summed E-state index contributed by atoms with van der Waals surface area (Å²) in [5, 5.41) is 4.22. The molecule has 0 saturated carbocycles. The van der Waals surface area contributed by atoms with E-state index in [0.29, 0.717) is 13.2 Å². The molecule has 6 heteroatoms. The van der Waals surface area contributed by atoms with E-state index in [-0.39, 0.29) is 5.91 Å². The Bertz CT molecular complexity index is 928. The molecule has 0 spiro atoms. The van der Waals surface area contributed by atoms with Crippen LogP contribution < -0.4 is 4.74 Å². The summed E-state index contributed by atoms with van der Waals surface area (Å²) in [4.78, 5) is 17.2. The van der Waals surface area contributed by atoms with Crippen molar-refractivity contribution in [3.05, 3.63) is 83.7 Å². The van der Waals surface area contributed by atoms with E-state index in [0.717, 1.165) is 49.6 Å². The van der Waals surface area contributed by atoms with Gasteiger partial charge in [0.05, 0.1) is 13.2 Å². The Balaban J connectivity index is 1.27. The van der Waals surface area contributed by atoms with Crippen LogP contribution in [0, 0.1) is 0 Å². The van der Waals surface area contributed by atoms with E-state index < -0.39 is 0 Å². The third-order valence-electron chi connectivity index (χ3n) is 5.40. The number of piperazine rings is 1. The second-order valence-corrected chi connectivity index (χ2v) is 7.55. The van der Waals surface area contributed by atoms with Crippen LogP contribution in [0.3, 0.4) is 0 Å². The molecule has 2 heterocycles. The summed E-state index contributed by atoms with van der Waals surface area (Å²) in [5.41, 5.74) is 3.15. The van der Waals surface area contributed by atoms with Crippen LogP contribution in [-0.4, -0.2) is 58.3 Å². The molecule has 156 valence electrons. The van der Waals surface area contributed by atoms with Crippen molar-refractivity contribution in [1.29, 1.82) is 0 Å². The molecule has 30 heavy (non-hydrogen) atoms. The third-order valence-corrected chi connectivity index (χ3v) is 5.40. The first-order chi connectivity index (χ1) is 14.7. The summed E-state index contributed by atoms with van der Waals surface area (Å²) in [6, 6.07) is 18.1. The van der Waals surface area contributed by atoms with Crippen molar-refractivity contribution >= 4 is 5.91 Å². The summed E-state index contributed by atoms with van der Waals surface area (Å²) in [5.74, 6) is 1.02. The van der Waals surface area contributed by atoms with Crippen LogP contribution in [0.2, 0.25) is 0 Å². The van der Waals surface area contributed by atoms with Crippen LogP contribution in [0.1, 0.15) is 28.4 Å². The lowest BCUT2D eigenvalue weighted by Crippen LogP contribution is -2.48. The molecule has 0 atom stereocenters. The Morgan fingerprint density at radius 2 is 1.60 bits per heavy atom. The molecule has 2 aromatic carbocycles. The monoisotopic (exact) mass is 404 g/mol. The minimum Gasteiger partial charge on any atom is -0.494 e. The van der Waals surface area contributed by atoms with Gasteiger partial charge in [-0.25, -0.2) is 0 Å². The van der Waals surface area contributed by atoms with Gasteiger partial charge in [0, 0.05) is 50.7 Å². The Morgan fingerprint density at radius 3 is 2.23 bits per heavy atom. The molecule has 0 radical (unpaired) electrons. The fraction of sp³-hybridized carbons (Fsp3) is 0.333. The molecule has 1 aliphatic rings. The maximum Gasteiger partial charge on any atom is 0.253 e. The normalized spacial score (nSPS) is 14.6. The maximum absolute atomic E-state index is 12.9. The first-order valence-electron chi connectivity index (χ1n) is 10.5. The standard InChI is InChI=1S/C24H28N4O2/c1-2-30-23-10-6-20(7-11-23)18-26-14-16-27(17-15-26)24(29)22-8-4-21(5-9-22)19-28-13-3-12-25-28/h3-13H,2,14-19H2,1H3. The van der Waals surface area contributed by atoms with Gasteiger partial charge >= 0.3 is 0 Å². The van der Waals surface area contributed by atoms with Crippen LogP contribution in [0.25, 0.3) is 0 Å². The first kappa shape index (κ1) is 20.2. The van der Waals surface area contributed by atoms with Gasteiger partial charge in [-0.2, -0.15) is 5.10 Å². The van der Waals surface area contributed by atoms with Gasteiger partial charge in [-0.1, -0.05) is 24.3 Å². The highest BCUT2D eigenvalue weighted by Crippen LogP contribution is 2.16. The zero-order valence-electron chi connectivity index (χ0n) is 17.4. The number of nitrogens with zero attached hydrogens (tertiary/aromatic N) is 4. The zero-order chi connectivity index (χ0) is 20.8. The second kappa shape index (κ2) is 9.59. The number of hydrogen-bond donors (Lipinski definition) is 0. The average molecular weight is 405 g/mol. The molecule has 6 nitrogen and oxygen atoms in total. The molecule has 1 aliphatic heterocycles. The fourth-order valence-electron chi connectivity index (χ4n) is 3.74. The van der Waals surface area contributed by atoms with Crippen molar-refractivity contribution in [3.63, 3.8) is 0 Å². The van der Waals surface area contributed by atoms with Crippen LogP contribution in [0.15, 0.2) is 67.0 Å². The summed E-state index contributed by atoms with van der Waals surface area (Å²) in [6.45, 7) is 7.57. The first-order valence-corrected chi connectivity index (χ1v) is 10.5. The van der Waals surface area contributed by atoms with Crippen LogP contribution in [0.5, 0.6) is 5.75 Å². The van der Waals surface area contributed by atoms with Gasteiger partial charge in [0.25, 0.3) is 5.91 Å². The van der Waals surface area contributed by atoms with E-state index in [1.165, 1.54) is 5.56 Å². The lowest BCUT2D eigenvalue weighted by molar-refractivity contribution is 0.0628. The summed E-state index contributed by atoms with van der Waals surface area (Å²) < 4.78 is 7.38. The summed E-state index contributed by atoms with van der Waals surface area (Å²) >= 11 is 0. The van der Waals surface area contributed by atoms with Gasteiger partial charge in [-0.05, 0) is 48.4 Å². The molecule has 0 aliphatic carbocycles. The van der Waals surface area contributed by atoms with Gasteiger partial charge in [0.15, 0.2) is 0 Å². The molecule has 0 unspecified atom stereocenters. The molecule has 3 aromatic rings. The average Bonchev–Trinajstić information content (AvgIpc) is 3.29. The Morgan fingerprint density at radius 1 is 0.933 bits per heavy atom. The van der Waals surface area contributed by atoms with E-state index in [1.807, 2.05) is 65.2 Å². The second-order valence-electron chi connectivity index (χ2n) is 7.55. The molecule has 0 N–H and O–H groups in total. The Hall–Kier alpha value is -3.12. The predicted molar refractivity (Wildman–Crippen MR) is 117 cm³/mol. The zero-order valence-corrected chi connectivity index (χ0v) is 17.4. The molecule has 1 amide bonds. The molecule has 1 aromatic heterocycles. The van der Waals surface area contributed by atoms with E-state index in [1.54, 1.807) is 6.20 Å². The van der Waals surface area contributed by atoms with Crippen LogP contribution in [0.4, 0.5) is 0 Å². The van der Waals surface area contributed by atoms with Crippen LogP contribution >= 0.6 is 0 Å². The van der Waals surface area contributed by atoms with Crippen LogP contribution in [-0.2, 0) is 13.1 Å². The third kappa shape index (κ3) is 5.07. The highest BCUT2D eigenvalue weighted by molar-refractivity contribution is 5.94. The van der Waals surface area contributed by atoms with Gasteiger partial charge < -0.3 is 9.64 Å². The maximum atomic E-state index is 12.9. The molecule has 0 bridgehead atoms. The van der Waals surface area contributed by atoms with E-state index >= 15 is 0 Å². The molecular formula is C24H28N4O2. The molecule has 1 fully saturated rings. The molecule has 1 saturated heterocycles. The Labute approximate surface area is 177 Å². The topological polar surface area (TPSA) is 50.6 Å². The fourth-order valence-corrected chi connectivity index (χ4v) is 3.74. The van der Waals surface area contributed by atoms with E-state index in [4.69, 9.17) is 4.74 Å². The minimum absolute atomic E-state index is 0.112. The van der Waals surface area contributed by atoms with Gasteiger partial charge in [-0.3, -0.25) is 14.4 Å². The van der Waals surface area contributed by atoms with Crippen molar-refractivity contribution in [2.45, 2.75) is 20.0 Å².